The van der Waals surface area contributed by atoms with E-state index in [1.54, 1.807) is 6.92 Å². The molecule has 0 saturated heterocycles. The van der Waals surface area contributed by atoms with Crippen LogP contribution in [0.3, 0.4) is 0 Å². The Morgan fingerprint density at radius 2 is 2.00 bits per heavy atom. The lowest BCUT2D eigenvalue weighted by Crippen LogP contribution is -2.36. The molecule has 5 nitrogen and oxygen atoms in total. The Morgan fingerprint density at radius 3 is 2.43 bits per heavy atom. The van der Waals surface area contributed by atoms with Crippen LogP contribution in [0.2, 0.25) is 0 Å². The third kappa shape index (κ3) is 5.53. The summed E-state index contributed by atoms with van der Waals surface area (Å²) in [5.41, 5.74) is 5.02. The fraction of sp³-hybridized carbons (Fsp3) is 0.778. The molecular weight excluding hydrogens is 184 g/mol. The molecule has 14 heavy (non-hydrogen) atoms. The van der Waals surface area contributed by atoms with Gasteiger partial charge < -0.3 is 15.8 Å². The van der Waals surface area contributed by atoms with Gasteiger partial charge in [-0.2, -0.15) is 0 Å². The molecule has 0 spiro atoms. The molecule has 82 valence electrons. The number of nitrogens with two attached hydrogens (primary N) is 1. The van der Waals surface area contributed by atoms with Crippen LogP contribution in [0, 0.1) is 5.92 Å². The number of carbonyl (C=O) groups is 2. The monoisotopic (exact) mass is 202 g/mol. The summed E-state index contributed by atoms with van der Waals surface area (Å²) in [5, 5.41) is 3.03. The van der Waals surface area contributed by atoms with E-state index in [1.165, 1.54) is 7.11 Å². The number of rotatable bonds is 6. The van der Waals surface area contributed by atoms with E-state index in [9.17, 15) is 9.59 Å². The standard InChI is InChI=1S/C9H18N2O3/c1-6(9(13)14-3)5-11-7(2)4-8(10)12/h6-7,11H,4-5H2,1-3H3,(H2,10,12). The van der Waals surface area contributed by atoms with Crippen LogP contribution in [0.1, 0.15) is 20.3 Å². The molecule has 0 aliphatic heterocycles. The third-order valence-corrected chi connectivity index (χ3v) is 1.88. The van der Waals surface area contributed by atoms with Crippen molar-refractivity contribution in [1.29, 1.82) is 0 Å². The highest BCUT2D eigenvalue weighted by molar-refractivity contribution is 5.74. The van der Waals surface area contributed by atoms with Gasteiger partial charge in [0.25, 0.3) is 0 Å². The Bertz CT molecular complexity index is 206. The number of carbonyl (C=O) groups excluding carboxylic acids is 2. The number of amides is 1. The second-order valence-corrected chi connectivity index (χ2v) is 3.40. The van der Waals surface area contributed by atoms with Crippen molar-refractivity contribution in [2.45, 2.75) is 26.3 Å². The molecule has 5 heteroatoms. The number of ether oxygens (including phenoxy) is 1. The molecule has 0 aliphatic carbocycles. The molecular formula is C9H18N2O3. The zero-order valence-corrected chi connectivity index (χ0v) is 8.87. The summed E-state index contributed by atoms with van der Waals surface area (Å²) < 4.78 is 4.55. The minimum Gasteiger partial charge on any atom is -0.469 e. The molecule has 1 amide bonds. The highest BCUT2D eigenvalue weighted by Gasteiger charge is 2.14. The molecule has 3 N–H and O–H groups in total. The van der Waals surface area contributed by atoms with Crippen LogP contribution in [0.15, 0.2) is 0 Å². The summed E-state index contributed by atoms with van der Waals surface area (Å²) in [6.45, 7) is 4.09. The molecule has 2 atom stereocenters. The van der Waals surface area contributed by atoms with Gasteiger partial charge in [-0.05, 0) is 6.92 Å². The molecule has 0 aromatic carbocycles. The van der Waals surface area contributed by atoms with Crippen molar-refractivity contribution in [3.05, 3.63) is 0 Å². The fourth-order valence-corrected chi connectivity index (χ4v) is 1.04. The molecule has 2 unspecified atom stereocenters. The van der Waals surface area contributed by atoms with Gasteiger partial charge in [0.2, 0.25) is 5.91 Å². The topological polar surface area (TPSA) is 81.4 Å². The maximum atomic E-state index is 11.0. The summed E-state index contributed by atoms with van der Waals surface area (Å²) in [5.74, 6) is -0.824. The maximum Gasteiger partial charge on any atom is 0.309 e. The summed E-state index contributed by atoms with van der Waals surface area (Å²) >= 11 is 0. The van der Waals surface area contributed by atoms with Gasteiger partial charge in [0.15, 0.2) is 0 Å². The summed E-state index contributed by atoms with van der Waals surface area (Å²) in [6.07, 6.45) is 0.272. The van der Waals surface area contributed by atoms with Crippen LogP contribution < -0.4 is 11.1 Å². The largest absolute Gasteiger partial charge is 0.469 e. The number of hydrogen-bond donors (Lipinski definition) is 2. The SMILES string of the molecule is COC(=O)C(C)CNC(C)CC(N)=O. The third-order valence-electron chi connectivity index (χ3n) is 1.88. The van der Waals surface area contributed by atoms with E-state index >= 15 is 0 Å². The molecule has 0 bridgehead atoms. The molecule has 0 heterocycles. The van der Waals surface area contributed by atoms with E-state index < -0.39 is 0 Å². The predicted molar refractivity (Wildman–Crippen MR) is 52.5 cm³/mol. The fourth-order valence-electron chi connectivity index (χ4n) is 1.04. The zero-order valence-electron chi connectivity index (χ0n) is 8.87. The molecule has 0 radical (unpaired) electrons. The first-order valence-electron chi connectivity index (χ1n) is 4.56. The number of esters is 1. The average molecular weight is 202 g/mol. The van der Waals surface area contributed by atoms with Crippen LogP contribution in [0.5, 0.6) is 0 Å². The van der Waals surface area contributed by atoms with Gasteiger partial charge >= 0.3 is 5.97 Å². The second kappa shape index (κ2) is 6.37. The van der Waals surface area contributed by atoms with E-state index in [0.717, 1.165) is 0 Å². The molecule has 0 aliphatic rings. The van der Waals surface area contributed by atoms with Crippen molar-refractivity contribution >= 4 is 11.9 Å². The van der Waals surface area contributed by atoms with E-state index in [4.69, 9.17) is 5.73 Å². The number of methoxy groups -OCH3 is 1. The van der Waals surface area contributed by atoms with Gasteiger partial charge in [-0.3, -0.25) is 9.59 Å². The van der Waals surface area contributed by atoms with Gasteiger partial charge in [-0.25, -0.2) is 0 Å². The van der Waals surface area contributed by atoms with Gasteiger partial charge in [-0.15, -0.1) is 0 Å². The minimum atomic E-state index is -0.351. The van der Waals surface area contributed by atoms with Crippen molar-refractivity contribution in [3.63, 3.8) is 0 Å². The quantitative estimate of drug-likeness (QED) is 0.577. The van der Waals surface area contributed by atoms with E-state index in [0.29, 0.717) is 6.54 Å². The smallest absolute Gasteiger partial charge is 0.309 e. The Kier molecular flexibility index (Phi) is 5.87. The number of primary amides is 1. The highest BCUT2D eigenvalue weighted by Crippen LogP contribution is 1.97. The van der Waals surface area contributed by atoms with Crippen molar-refractivity contribution in [2.24, 2.45) is 11.7 Å². The summed E-state index contributed by atoms with van der Waals surface area (Å²) in [6, 6.07) is -0.0143. The number of nitrogens with one attached hydrogen (secondary N) is 1. The average Bonchev–Trinajstić information content (AvgIpc) is 2.11. The molecule has 0 aromatic heterocycles. The van der Waals surface area contributed by atoms with Crippen molar-refractivity contribution in [3.8, 4) is 0 Å². The minimum absolute atomic E-state index is 0.0143. The van der Waals surface area contributed by atoms with E-state index in [-0.39, 0.29) is 30.3 Å². The Hall–Kier alpha value is -1.10. The zero-order chi connectivity index (χ0) is 11.1. The summed E-state index contributed by atoms with van der Waals surface area (Å²) in [7, 11) is 1.35. The normalized spacial score (nSPS) is 14.5. The second-order valence-electron chi connectivity index (χ2n) is 3.40. The van der Waals surface area contributed by atoms with Crippen LogP contribution in [0.4, 0.5) is 0 Å². The van der Waals surface area contributed by atoms with Gasteiger partial charge in [0.05, 0.1) is 13.0 Å². The van der Waals surface area contributed by atoms with Gasteiger partial charge in [0.1, 0.15) is 0 Å². The van der Waals surface area contributed by atoms with E-state index in [1.807, 2.05) is 6.92 Å². The van der Waals surface area contributed by atoms with Gasteiger partial charge in [-0.1, -0.05) is 6.92 Å². The van der Waals surface area contributed by atoms with Crippen LogP contribution in [-0.4, -0.2) is 31.6 Å². The Balaban J connectivity index is 3.71. The lowest BCUT2D eigenvalue weighted by atomic mass is 10.1. The lowest BCUT2D eigenvalue weighted by molar-refractivity contribution is -0.144. The van der Waals surface area contributed by atoms with Crippen LogP contribution >= 0.6 is 0 Å². The predicted octanol–water partition coefficient (Wildman–Crippen LogP) is -0.351. The van der Waals surface area contributed by atoms with Crippen LogP contribution in [0.25, 0.3) is 0 Å². The van der Waals surface area contributed by atoms with E-state index in [2.05, 4.69) is 10.1 Å². The van der Waals surface area contributed by atoms with Crippen LogP contribution in [-0.2, 0) is 14.3 Å². The Morgan fingerprint density at radius 1 is 1.43 bits per heavy atom. The molecule has 0 aromatic rings. The molecule has 0 rings (SSSR count). The Labute approximate surface area is 84.0 Å². The maximum absolute atomic E-state index is 11.0. The summed E-state index contributed by atoms with van der Waals surface area (Å²) in [4.78, 5) is 21.5. The number of hydrogen-bond acceptors (Lipinski definition) is 4. The first-order valence-corrected chi connectivity index (χ1v) is 4.56. The lowest BCUT2D eigenvalue weighted by Gasteiger charge is -2.14. The molecule has 0 saturated carbocycles. The van der Waals surface area contributed by atoms with Crippen molar-refractivity contribution in [2.75, 3.05) is 13.7 Å². The first-order chi connectivity index (χ1) is 6.47. The highest BCUT2D eigenvalue weighted by atomic mass is 16.5. The first kappa shape index (κ1) is 12.9. The van der Waals surface area contributed by atoms with Crippen molar-refractivity contribution < 1.29 is 14.3 Å². The van der Waals surface area contributed by atoms with Gasteiger partial charge in [0, 0.05) is 19.0 Å². The van der Waals surface area contributed by atoms with Crippen molar-refractivity contribution in [1.82, 2.24) is 5.32 Å². The molecule has 0 fully saturated rings.